The Morgan fingerprint density at radius 3 is 1.82 bits per heavy atom. The van der Waals surface area contributed by atoms with Crippen molar-refractivity contribution < 1.29 is 0 Å². The molecule has 4 aromatic rings. The summed E-state index contributed by atoms with van der Waals surface area (Å²) in [4.78, 5) is 0. The standard InChI is InChI=1S/C23H17Cl3N2/c1-14-3-7-16(8-4-14)22-21(26)23(17-9-5-15(2)6-10-17)28(27-22)18-11-12-19(24)20(25)13-18/h3-13H,1-2H3. The molecule has 0 aliphatic carbocycles. The highest BCUT2D eigenvalue weighted by Crippen LogP contribution is 2.38. The van der Waals surface area contributed by atoms with Crippen LogP contribution in [0.25, 0.3) is 28.2 Å². The Bertz CT molecular complexity index is 1140. The molecule has 4 rings (SSSR count). The largest absolute Gasteiger partial charge is 0.231 e. The van der Waals surface area contributed by atoms with E-state index in [-0.39, 0.29) is 0 Å². The van der Waals surface area contributed by atoms with E-state index in [1.807, 2.05) is 35.0 Å². The van der Waals surface area contributed by atoms with Crippen LogP contribution in [0.1, 0.15) is 11.1 Å². The van der Waals surface area contributed by atoms with Crippen molar-refractivity contribution in [3.63, 3.8) is 0 Å². The zero-order valence-corrected chi connectivity index (χ0v) is 17.6. The Balaban J connectivity index is 1.97. The minimum absolute atomic E-state index is 0.470. The Hall–Kier alpha value is -2.26. The lowest BCUT2D eigenvalue weighted by Crippen LogP contribution is -1.99. The van der Waals surface area contributed by atoms with Gasteiger partial charge >= 0.3 is 0 Å². The third kappa shape index (κ3) is 3.56. The van der Waals surface area contributed by atoms with E-state index in [0.717, 1.165) is 28.2 Å². The molecule has 0 saturated carbocycles. The van der Waals surface area contributed by atoms with Crippen LogP contribution in [-0.2, 0) is 0 Å². The van der Waals surface area contributed by atoms with E-state index < -0.39 is 0 Å². The van der Waals surface area contributed by atoms with Gasteiger partial charge in [0.2, 0.25) is 0 Å². The number of hydrogen-bond acceptors (Lipinski definition) is 1. The van der Waals surface area contributed by atoms with Gasteiger partial charge in [0, 0.05) is 11.1 Å². The highest BCUT2D eigenvalue weighted by molar-refractivity contribution is 6.42. The van der Waals surface area contributed by atoms with Crippen molar-refractivity contribution in [3.8, 4) is 28.2 Å². The molecule has 0 bridgehead atoms. The summed E-state index contributed by atoms with van der Waals surface area (Å²) in [5, 5.41) is 6.40. The summed E-state index contributed by atoms with van der Waals surface area (Å²) in [6.07, 6.45) is 0. The maximum absolute atomic E-state index is 6.86. The number of hydrogen-bond donors (Lipinski definition) is 0. The van der Waals surface area contributed by atoms with Crippen molar-refractivity contribution in [1.29, 1.82) is 0 Å². The second-order valence-corrected chi connectivity index (χ2v) is 7.95. The lowest BCUT2D eigenvalue weighted by molar-refractivity contribution is 0.892. The molecule has 28 heavy (non-hydrogen) atoms. The molecule has 1 aromatic heterocycles. The average Bonchev–Trinajstić information content (AvgIpc) is 3.02. The van der Waals surface area contributed by atoms with E-state index >= 15 is 0 Å². The molecule has 0 spiro atoms. The van der Waals surface area contributed by atoms with Gasteiger partial charge in [0.05, 0.1) is 26.4 Å². The SMILES string of the molecule is Cc1ccc(-c2nn(-c3ccc(Cl)c(Cl)c3)c(-c3ccc(C)cc3)c2Cl)cc1. The summed E-state index contributed by atoms with van der Waals surface area (Å²) in [6, 6.07) is 21.8. The minimum atomic E-state index is 0.470. The first-order valence-corrected chi connectivity index (χ1v) is 9.95. The molecule has 3 aromatic carbocycles. The molecular weight excluding hydrogens is 411 g/mol. The maximum Gasteiger partial charge on any atom is 0.112 e. The highest BCUT2D eigenvalue weighted by atomic mass is 35.5. The van der Waals surface area contributed by atoms with Crippen molar-refractivity contribution in [3.05, 3.63) is 92.9 Å². The number of nitrogens with zero attached hydrogens (tertiary/aromatic N) is 2. The van der Waals surface area contributed by atoms with E-state index in [1.165, 1.54) is 11.1 Å². The van der Waals surface area contributed by atoms with Crippen LogP contribution in [0.2, 0.25) is 15.1 Å². The fourth-order valence-corrected chi connectivity index (χ4v) is 3.69. The predicted molar refractivity (Wildman–Crippen MR) is 119 cm³/mol. The van der Waals surface area contributed by atoms with E-state index in [4.69, 9.17) is 39.9 Å². The molecule has 0 atom stereocenters. The van der Waals surface area contributed by atoms with Crippen LogP contribution in [0.15, 0.2) is 66.7 Å². The van der Waals surface area contributed by atoms with Gasteiger partial charge in [-0.05, 0) is 32.0 Å². The molecule has 0 fully saturated rings. The van der Waals surface area contributed by atoms with Gasteiger partial charge in [-0.3, -0.25) is 0 Å². The summed E-state index contributed by atoms with van der Waals surface area (Å²) in [5.41, 5.74) is 6.64. The van der Waals surface area contributed by atoms with Gasteiger partial charge in [0.25, 0.3) is 0 Å². The Morgan fingerprint density at radius 1 is 0.679 bits per heavy atom. The molecule has 2 nitrogen and oxygen atoms in total. The van der Waals surface area contributed by atoms with Gasteiger partial charge in [-0.2, -0.15) is 5.10 Å². The molecule has 5 heteroatoms. The summed E-state index contributed by atoms with van der Waals surface area (Å²) >= 11 is 19.2. The van der Waals surface area contributed by atoms with E-state index in [0.29, 0.717) is 15.1 Å². The maximum atomic E-state index is 6.86. The van der Waals surface area contributed by atoms with Gasteiger partial charge in [0.15, 0.2) is 0 Å². The molecule has 0 aliphatic heterocycles. The topological polar surface area (TPSA) is 17.8 Å². The van der Waals surface area contributed by atoms with E-state index in [2.05, 4.69) is 38.1 Å². The zero-order valence-electron chi connectivity index (χ0n) is 15.4. The first kappa shape index (κ1) is 19.1. The first-order valence-electron chi connectivity index (χ1n) is 8.82. The fraction of sp³-hybridized carbons (Fsp3) is 0.0870. The first-order chi connectivity index (χ1) is 13.4. The van der Waals surface area contributed by atoms with Crippen LogP contribution in [0.3, 0.4) is 0 Å². The number of benzene rings is 3. The van der Waals surface area contributed by atoms with E-state index in [1.54, 1.807) is 12.1 Å². The average molecular weight is 428 g/mol. The van der Waals surface area contributed by atoms with Crippen LogP contribution >= 0.6 is 34.8 Å². The van der Waals surface area contributed by atoms with Crippen molar-refractivity contribution in [2.24, 2.45) is 0 Å². The van der Waals surface area contributed by atoms with Crippen molar-refractivity contribution >= 4 is 34.8 Å². The van der Waals surface area contributed by atoms with Crippen LogP contribution < -0.4 is 0 Å². The van der Waals surface area contributed by atoms with Crippen LogP contribution in [0.5, 0.6) is 0 Å². The Labute approximate surface area is 179 Å². The number of halogens is 3. The molecule has 1 heterocycles. The summed E-state index contributed by atoms with van der Waals surface area (Å²) < 4.78 is 1.82. The lowest BCUT2D eigenvalue weighted by Gasteiger charge is -2.09. The fourth-order valence-electron chi connectivity index (χ4n) is 3.06. The normalized spacial score (nSPS) is 11.0. The van der Waals surface area contributed by atoms with E-state index in [9.17, 15) is 0 Å². The molecule has 0 saturated heterocycles. The van der Waals surface area contributed by atoms with Crippen molar-refractivity contribution in [1.82, 2.24) is 9.78 Å². The molecule has 0 amide bonds. The van der Waals surface area contributed by atoms with Gasteiger partial charge in [0.1, 0.15) is 5.69 Å². The van der Waals surface area contributed by atoms with Crippen LogP contribution in [0.4, 0.5) is 0 Å². The van der Waals surface area contributed by atoms with Gasteiger partial charge < -0.3 is 0 Å². The molecule has 0 aliphatic rings. The third-order valence-corrected chi connectivity index (χ3v) is 5.72. The molecule has 0 radical (unpaired) electrons. The number of rotatable bonds is 3. The van der Waals surface area contributed by atoms with Crippen molar-refractivity contribution in [2.75, 3.05) is 0 Å². The molecular formula is C23H17Cl3N2. The Morgan fingerprint density at radius 2 is 1.25 bits per heavy atom. The monoisotopic (exact) mass is 426 g/mol. The lowest BCUT2D eigenvalue weighted by atomic mass is 10.1. The van der Waals surface area contributed by atoms with Crippen molar-refractivity contribution in [2.45, 2.75) is 13.8 Å². The van der Waals surface area contributed by atoms with Crippen LogP contribution in [0, 0.1) is 13.8 Å². The highest BCUT2D eigenvalue weighted by Gasteiger charge is 2.20. The zero-order chi connectivity index (χ0) is 19.8. The second-order valence-electron chi connectivity index (χ2n) is 6.75. The van der Waals surface area contributed by atoms with Crippen LogP contribution in [-0.4, -0.2) is 9.78 Å². The summed E-state index contributed by atoms with van der Waals surface area (Å²) in [5.74, 6) is 0. The second kappa shape index (κ2) is 7.63. The summed E-state index contributed by atoms with van der Waals surface area (Å²) in [7, 11) is 0. The summed E-state index contributed by atoms with van der Waals surface area (Å²) in [6.45, 7) is 4.11. The number of aryl methyl sites for hydroxylation is 2. The third-order valence-electron chi connectivity index (χ3n) is 4.63. The molecule has 140 valence electrons. The quantitative estimate of drug-likeness (QED) is 0.326. The predicted octanol–water partition coefficient (Wildman–Crippen LogP) is 7.78. The number of aromatic nitrogens is 2. The minimum Gasteiger partial charge on any atom is -0.231 e. The Kier molecular flexibility index (Phi) is 5.20. The molecule has 0 unspecified atom stereocenters. The smallest absolute Gasteiger partial charge is 0.112 e. The van der Waals surface area contributed by atoms with Gasteiger partial charge in [-0.1, -0.05) is 94.5 Å². The van der Waals surface area contributed by atoms with Gasteiger partial charge in [-0.15, -0.1) is 0 Å². The van der Waals surface area contributed by atoms with Gasteiger partial charge in [-0.25, -0.2) is 4.68 Å². The molecule has 0 N–H and O–H groups in total.